The minimum atomic E-state index is -1.04. The zero-order valence-electron chi connectivity index (χ0n) is 10.9. The van der Waals surface area contributed by atoms with Gasteiger partial charge in [-0.2, -0.15) is 0 Å². The van der Waals surface area contributed by atoms with E-state index >= 15 is 0 Å². The highest BCUT2D eigenvalue weighted by molar-refractivity contribution is 5.80. The predicted octanol–water partition coefficient (Wildman–Crippen LogP) is 1.09. The molecule has 0 saturated carbocycles. The van der Waals surface area contributed by atoms with Crippen LogP contribution in [0.3, 0.4) is 0 Å². The van der Waals surface area contributed by atoms with Gasteiger partial charge in [0.25, 0.3) is 0 Å². The van der Waals surface area contributed by atoms with Crippen LogP contribution >= 0.6 is 0 Å². The van der Waals surface area contributed by atoms with Crippen molar-refractivity contribution in [3.8, 4) is 0 Å². The summed E-state index contributed by atoms with van der Waals surface area (Å²) in [7, 11) is 0. The van der Waals surface area contributed by atoms with Crippen LogP contribution < -0.4 is 5.32 Å². The third-order valence-corrected chi connectivity index (χ3v) is 2.05. The molecular weight excluding hydrogens is 236 g/mol. The molecule has 0 aliphatic rings. The Hall–Kier alpha value is -1.56. The van der Waals surface area contributed by atoms with Gasteiger partial charge >= 0.3 is 12.0 Å². The summed E-state index contributed by atoms with van der Waals surface area (Å²) in [6.07, 6.45) is 3.17. The largest absolute Gasteiger partial charge is 0.480 e. The van der Waals surface area contributed by atoms with Crippen molar-refractivity contribution in [1.29, 1.82) is 0 Å². The summed E-state index contributed by atoms with van der Waals surface area (Å²) in [6.45, 7) is 7.18. The van der Waals surface area contributed by atoms with Crippen LogP contribution in [-0.4, -0.2) is 54.9 Å². The van der Waals surface area contributed by atoms with Crippen LogP contribution in [0.4, 0.5) is 4.79 Å². The molecule has 0 aliphatic heterocycles. The average Bonchev–Trinajstić information content (AvgIpc) is 2.32. The van der Waals surface area contributed by atoms with Gasteiger partial charge < -0.3 is 20.1 Å². The lowest BCUT2D eigenvalue weighted by molar-refractivity contribution is -0.137. The Labute approximate surface area is 108 Å². The number of carboxylic acid groups (broad SMARTS) is 1. The van der Waals surface area contributed by atoms with Crippen molar-refractivity contribution in [2.24, 2.45) is 0 Å². The van der Waals surface area contributed by atoms with Crippen molar-refractivity contribution in [3.05, 3.63) is 12.7 Å². The first-order chi connectivity index (χ1) is 8.61. The van der Waals surface area contributed by atoms with Crippen LogP contribution in [0, 0.1) is 0 Å². The van der Waals surface area contributed by atoms with Gasteiger partial charge in [-0.3, -0.25) is 4.79 Å². The summed E-state index contributed by atoms with van der Waals surface area (Å²) in [4.78, 5) is 23.4. The van der Waals surface area contributed by atoms with E-state index in [1.807, 2.05) is 6.92 Å². The molecule has 0 aromatic heterocycles. The van der Waals surface area contributed by atoms with E-state index in [-0.39, 0.29) is 13.1 Å². The van der Waals surface area contributed by atoms with E-state index in [0.29, 0.717) is 19.6 Å². The van der Waals surface area contributed by atoms with E-state index < -0.39 is 12.0 Å². The number of hydrogen-bond acceptors (Lipinski definition) is 3. The molecule has 0 aliphatic carbocycles. The van der Waals surface area contributed by atoms with E-state index in [4.69, 9.17) is 9.84 Å². The molecule has 0 aromatic carbocycles. The summed E-state index contributed by atoms with van der Waals surface area (Å²) >= 11 is 0. The van der Waals surface area contributed by atoms with Crippen LogP contribution in [0.1, 0.15) is 19.8 Å². The maximum Gasteiger partial charge on any atom is 0.323 e. The molecule has 2 amide bonds. The van der Waals surface area contributed by atoms with Crippen LogP contribution in [-0.2, 0) is 9.53 Å². The molecule has 0 saturated heterocycles. The van der Waals surface area contributed by atoms with Crippen LogP contribution in [0.5, 0.6) is 0 Å². The van der Waals surface area contributed by atoms with Crippen molar-refractivity contribution in [3.63, 3.8) is 0 Å². The van der Waals surface area contributed by atoms with Crippen molar-refractivity contribution < 1.29 is 19.4 Å². The minimum Gasteiger partial charge on any atom is -0.480 e. The van der Waals surface area contributed by atoms with Gasteiger partial charge in [-0.15, -0.1) is 6.58 Å². The number of urea groups is 1. The van der Waals surface area contributed by atoms with Gasteiger partial charge in [-0.05, 0) is 12.8 Å². The molecule has 104 valence electrons. The van der Waals surface area contributed by atoms with E-state index in [1.54, 1.807) is 0 Å². The summed E-state index contributed by atoms with van der Waals surface area (Å²) in [6, 6.07) is -0.396. The standard InChI is InChI=1S/C12H22N2O4/c1-3-7-14(10-11(15)16)12(17)13-6-5-9-18-8-4-2/h3H,1,4-10H2,2H3,(H,13,17)(H,15,16). The molecule has 0 aromatic rings. The Morgan fingerprint density at radius 2 is 2.17 bits per heavy atom. The quantitative estimate of drug-likeness (QED) is 0.454. The van der Waals surface area contributed by atoms with E-state index in [2.05, 4.69) is 11.9 Å². The molecule has 6 nitrogen and oxygen atoms in total. The molecule has 0 atom stereocenters. The number of rotatable bonds is 10. The predicted molar refractivity (Wildman–Crippen MR) is 68.5 cm³/mol. The van der Waals surface area contributed by atoms with Gasteiger partial charge in [0.2, 0.25) is 0 Å². The second kappa shape index (κ2) is 10.6. The lowest BCUT2D eigenvalue weighted by Crippen LogP contribution is -2.43. The van der Waals surface area contributed by atoms with Gasteiger partial charge in [0.15, 0.2) is 0 Å². The molecule has 0 fully saturated rings. The Kier molecular flexibility index (Phi) is 9.67. The van der Waals surface area contributed by atoms with Crippen molar-refractivity contribution >= 4 is 12.0 Å². The van der Waals surface area contributed by atoms with Crippen molar-refractivity contribution in [2.45, 2.75) is 19.8 Å². The summed E-state index contributed by atoms with van der Waals surface area (Å²) in [5.74, 6) is -1.04. The fraction of sp³-hybridized carbons (Fsp3) is 0.667. The third kappa shape index (κ3) is 8.58. The first-order valence-corrected chi connectivity index (χ1v) is 6.05. The highest BCUT2D eigenvalue weighted by Gasteiger charge is 2.14. The number of nitrogens with one attached hydrogen (secondary N) is 1. The average molecular weight is 258 g/mol. The van der Waals surface area contributed by atoms with E-state index in [9.17, 15) is 9.59 Å². The van der Waals surface area contributed by atoms with Gasteiger partial charge in [-0.25, -0.2) is 4.79 Å². The Balaban J connectivity index is 3.81. The van der Waals surface area contributed by atoms with Crippen molar-refractivity contribution in [2.75, 3.05) is 32.8 Å². The first kappa shape index (κ1) is 16.4. The summed E-state index contributed by atoms with van der Waals surface area (Å²) in [5, 5.41) is 11.3. The van der Waals surface area contributed by atoms with Gasteiger partial charge in [0.05, 0.1) is 0 Å². The topological polar surface area (TPSA) is 78.9 Å². The zero-order chi connectivity index (χ0) is 13.8. The fourth-order valence-corrected chi connectivity index (χ4v) is 1.27. The number of carbonyl (C=O) groups excluding carboxylic acids is 1. The smallest absolute Gasteiger partial charge is 0.323 e. The maximum absolute atomic E-state index is 11.6. The molecule has 18 heavy (non-hydrogen) atoms. The normalized spacial score (nSPS) is 9.83. The van der Waals surface area contributed by atoms with Crippen LogP contribution in [0.25, 0.3) is 0 Å². The Morgan fingerprint density at radius 3 is 2.72 bits per heavy atom. The number of ether oxygens (including phenoxy) is 1. The molecule has 0 spiro atoms. The summed E-state index contributed by atoms with van der Waals surface area (Å²) < 4.78 is 5.26. The number of carboxylic acids is 1. The summed E-state index contributed by atoms with van der Waals surface area (Å²) in [5.41, 5.74) is 0. The SMILES string of the molecule is C=CCN(CC(=O)O)C(=O)NCCCOCCC. The van der Waals surface area contributed by atoms with E-state index in [0.717, 1.165) is 13.0 Å². The fourth-order valence-electron chi connectivity index (χ4n) is 1.27. The monoisotopic (exact) mass is 258 g/mol. The maximum atomic E-state index is 11.6. The molecule has 6 heteroatoms. The molecular formula is C12H22N2O4. The Morgan fingerprint density at radius 1 is 1.44 bits per heavy atom. The third-order valence-electron chi connectivity index (χ3n) is 2.05. The van der Waals surface area contributed by atoms with Crippen LogP contribution in [0.2, 0.25) is 0 Å². The van der Waals surface area contributed by atoms with Gasteiger partial charge in [-0.1, -0.05) is 13.0 Å². The van der Waals surface area contributed by atoms with Crippen molar-refractivity contribution in [1.82, 2.24) is 10.2 Å². The highest BCUT2D eigenvalue weighted by atomic mass is 16.5. The van der Waals surface area contributed by atoms with Crippen LogP contribution in [0.15, 0.2) is 12.7 Å². The molecule has 0 rings (SSSR count). The zero-order valence-corrected chi connectivity index (χ0v) is 10.9. The molecule has 0 radical (unpaired) electrons. The van der Waals surface area contributed by atoms with E-state index in [1.165, 1.54) is 11.0 Å². The second-order valence-corrected chi connectivity index (χ2v) is 3.76. The first-order valence-electron chi connectivity index (χ1n) is 6.05. The highest BCUT2D eigenvalue weighted by Crippen LogP contribution is 1.91. The second-order valence-electron chi connectivity index (χ2n) is 3.76. The molecule has 0 unspecified atom stereocenters. The number of hydrogen-bond donors (Lipinski definition) is 2. The molecule has 2 N–H and O–H groups in total. The molecule has 0 heterocycles. The lowest BCUT2D eigenvalue weighted by Gasteiger charge is -2.19. The number of nitrogens with zero attached hydrogens (tertiary/aromatic N) is 1. The Bertz CT molecular complexity index is 269. The van der Waals surface area contributed by atoms with Gasteiger partial charge in [0, 0.05) is 26.3 Å². The number of carbonyl (C=O) groups is 2. The number of amides is 2. The lowest BCUT2D eigenvalue weighted by atomic mass is 10.4. The minimum absolute atomic E-state index is 0.213. The number of aliphatic carboxylic acids is 1. The van der Waals surface area contributed by atoms with Gasteiger partial charge in [0.1, 0.15) is 6.54 Å². The molecule has 0 bridgehead atoms.